The largest absolute Gasteiger partial charge is 0.480 e. The molecule has 1 rings (SSSR count). The maximum absolute atomic E-state index is 12.4. The van der Waals surface area contributed by atoms with Gasteiger partial charge in [-0.3, -0.25) is 9.59 Å². The number of nitrogens with one attached hydrogen (secondary N) is 1. The van der Waals surface area contributed by atoms with Crippen molar-refractivity contribution in [2.24, 2.45) is 5.73 Å². The normalized spacial score (nSPS) is 20.5. The van der Waals surface area contributed by atoms with Gasteiger partial charge in [0.05, 0.1) is 6.04 Å². The second-order valence-corrected chi connectivity index (χ2v) is 6.51. The Morgan fingerprint density at radius 2 is 2.18 bits per heavy atom. The number of likely N-dealkylation sites (tertiary alicyclic amines) is 1. The van der Waals surface area contributed by atoms with E-state index in [2.05, 4.69) is 17.9 Å². The molecule has 0 aliphatic carbocycles. The Bertz CT molecular complexity index is 422. The molecule has 4 N–H and O–H groups in total. The molecule has 0 saturated carbocycles. The molecule has 1 heterocycles. The molecule has 1 aliphatic rings. The van der Waals surface area contributed by atoms with Crippen LogP contribution >= 0.6 is 24.4 Å². The maximum atomic E-state index is 12.4. The van der Waals surface area contributed by atoms with Crippen LogP contribution in [-0.4, -0.2) is 70.2 Å². The molecule has 126 valence electrons. The van der Waals surface area contributed by atoms with Gasteiger partial charge in [-0.15, -0.1) is 0 Å². The molecule has 7 nitrogen and oxygen atoms in total. The van der Waals surface area contributed by atoms with Gasteiger partial charge in [0.1, 0.15) is 12.1 Å². The van der Waals surface area contributed by atoms with Crippen molar-refractivity contribution in [2.75, 3.05) is 24.3 Å². The fraction of sp³-hybridized carbons (Fsp3) is 0.769. The number of aliphatic carboxylic acids is 1. The van der Waals surface area contributed by atoms with Crippen LogP contribution in [-0.2, 0) is 14.4 Å². The summed E-state index contributed by atoms with van der Waals surface area (Å²) in [4.78, 5) is 36.9. The smallest absolute Gasteiger partial charge is 0.326 e. The number of nitrogens with zero attached hydrogens (tertiary/aromatic N) is 1. The summed E-state index contributed by atoms with van der Waals surface area (Å²) in [5, 5.41) is 11.7. The first-order chi connectivity index (χ1) is 10.4. The highest BCUT2D eigenvalue weighted by Gasteiger charge is 2.37. The lowest BCUT2D eigenvalue weighted by atomic mass is 10.2. The zero-order valence-corrected chi connectivity index (χ0v) is 14.2. The van der Waals surface area contributed by atoms with Crippen molar-refractivity contribution in [1.82, 2.24) is 10.2 Å². The summed E-state index contributed by atoms with van der Waals surface area (Å²) in [7, 11) is 0. The highest BCUT2D eigenvalue weighted by molar-refractivity contribution is 7.98. The summed E-state index contributed by atoms with van der Waals surface area (Å²) in [6.45, 7) is 0.383. The van der Waals surface area contributed by atoms with Crippen LogP contribution in [0.4, 0.5) is 0 Å². The molecule has 0 aromatic heterocycles. The molecule has 1 aliphatic heterocycles. The number of carbonyl (C=O) groups is 3. The summed E-state index contributed by atoms with van der Waals surface area (Å²) in [6, 6.07) is -2.36. The van der Waals surface area contributed by atoms with Crippen LogP contribution in [0.25, 0.3) is 0 Å². The van der Waals surface area contributed by atoms with Crippen LogP contribution in [0.5, 0.6) is 0 Å². The highest BCUT2D eigenvalue weighted by Crippen LogP contribution is 2.18. The molecule has 2 amide bonds. The van der Waals surface area contributed by atoms with E-state index in [1.54, 1.807) is 11.8 Å². The van der Waals surface area contributed by atoms with Gasteiger partial charge >= 0.3 is 5.97 Å². The van der Waals surface area contributed by atoms with Crippen molar-refractivity contribution in [2.45, 2.75) is 37.4 Å². The van der Waals surface area contributed by atoms with Gasteiger partial charge in [0, 0.05) is 12.3 Å². The summed E-state index contributed by atoms with van der Waals surface area (Å²) in [6.07, 6.45) is 3.51. The number of hydrogen-bond acceptors (Lipinski definition) is 6. The van der Waals surface area contributed by atoms with Gasteiger partial charge in [-0.25, -0.2) is 4.79 Å². The van der Waals surface area contributed by atoms with Crippen LogP contribution in [0.3, 0.4) is 0 Å². The second-order valence-electron chi connectivity index (χ2n) is 5.16. The molecule has 0 aromatic rings. The second kappa shape index (κ2) is 9.26. The highest BCUT2D eigenvalue weighted by atomic mass is 32.2. The SMILES string of the molecule is CSCC[C@H](N)C(=O)N[C@@H](CS)C(=O)N1CCC[C@H]1C(=O)O. The van der Waals surface area contributed by atoms with Gasteiger partial charge in [-0.1, -0.05) is 0 Å². The minimum atomic E-state index is -1.02. The van der Waals surface area contributed by atoms with E-state index < -0.39 is 35.9 Å². The minimum Gasteiger partial charge on any atom is -0.480 e. The van der Waals surface area contributed by atoms with E-state index >= 15 is 0 Å². The molecule has 0 spiro atoms. The number of thioether (sulfide) groups is 1. The average Bonchev–Trinajstić information content (AvgIpc) is 2.98. The van der Waals surface area contributed by atoms with E-state index in [1.165, 1.54) is 4.90 Å². The van der Waals surface area contributed by atoms with Crippen molar-refractivity contribution >= 4 is 42.2 Å². The monoisotopic (exact) mass is 349 g/mol. The number of thiol groups is 1. The number of rotatable bonds is 8. The molecular formula is C13H23N3O4S2. The summed E-state index contributed by atoms with van der Waals surface area (Å²) < 4.78 is 0. The molecule has 0 aromatic carbocycles. The van der Waals surface area contributed by atoms with Crippen molar-refractivity contribution in [1.29, 1.82) is 0 Å². The first kappa shape index (κ1) is 19.1. The van der Waals surface area contributed by atoms with Crippen LogP contribution in [0.2, 0.25) is 0 Å². The molecule has 0 unspecified atom stereocenters. The van der Waals surface area contributed by atoms with Crippen LogP contribution < -0.4 is 11.1 Å². The standard InChI is InChI=1S/C13H23N3O4S2/c1-22-6-4-8(14)11(17)15-9(7-21)12(18)16-5-2-3-10(16)13(19)20/h8-10,21H,2-7,14H2,1H3,(H,15,17)(H,19,20)/t8-,9-,10-/m0/s1. The lowest BCUT2D eigenvalue weighted by Crippen LogP contribution is -2.55. The quantitative estimate of drug-likeness (QED) is 0.442. The zero-order valence-electron chi connectivity index (χ0n) is 12.5. The number of amides is 2. The summed E-state index contributed by atoms with van der Waals surface area (Å²) >= 11 is 5.67. The van der Waals surface area contributed by atoms with Crippen LogP contribution in [0.1, 0.15) is 19.3 Å². The fourth-order valence-electron chi connectivity index (χ4n) is 2.33. The van der Waals surface area contributed by atoms with Crippen molar-refractivity contribution in [3.8, 4) is 0 Å². The number of nitrogens with two attached hydrogens (primary N) is 1. The predicted octanol–water partition coefficient (Wildman–Crippen LogP) is -0.443. The lowest BCUT2D eigenvalue weighted by Gasteiger charge is -2.27. The fourth-order valence-corrected chi connectivity index (χ4v) is 3.06. The van der Waals surface area contributed by atoms with E-state index in [9.17, 15) is 14.4 Å². The van der Waals surface area contributed by atoms with Crippen molar-refractivity contribution in [3.05, 3.63) is 0 Å². The number of carboxylic acids is 1. The van der Waals surface area contributed by atoms with Crippen molar-refractivity contribution < 1.29 is 19.5 Å². The maximum Gasteiger partial charge on any atom is 0.326 e. The Hall–Kier alpha value is -0.930. The van der Waals surface area contributed by atoms with E-state index in [0.29, 0.717) is 25.8 Å². The first-order valence-electron chi connectivity index (χ1n) is 7.11. The summed E-state index contributed by atoms with van der Waals surface area (Å²) in [5.74, 6) is -0.992. The van der Waals surface area contributed by atoms with Gasteiger partial charge < -0.3 is 21.1 Å². The molecule has 0 bridgehead atoms. The van der Waals surface area contributed by atoms with Crippen molar-refractivity contribution in [3.63, 3.8) is 0 Å². The van der Waals surface area contributed by atoms with Gasteiger partial charge in [-0.2, -0.15) is 24.4 Å². The third kappa shape index (κ3) is 5.06. The first-order valence-corrected chi connectivity index (χ1v) is 9.14. The number of carbonyl (C=O) groups excluding carboxylic acids is 2. The molecule has 3 atom stereocenters. The minimum absolute atomic E-state index is 0.0999. The lowest BCUT2D eigenvalue weighted by molar-refractivity contribution is -0.149. The molecule has 1 fully saturated rings. The van der Waals surface area contributed by atoms with E-state index in [4.69, 9.17) is 10.8 Å². The molecule has 1 saturated heterocycles. The summed E-state index contributed by atoms with van der Waals surface area (Å²) in [5.41, 5.74) is 5.77. The van der Waals surface area contributed by atoms with Gasteiger partial charge in [0.2, 0.25) is 11.8 Å². The molecule has 9 heteroatoms. The van der Waals surface area contributed by atoms with Crippen LogP contribution in [0.15, 0.2) is 0 Å². The number of hydrogen-bond donors (Lipinski definition) is 4. The zero-order chi connectivity index (χ0) is 16.7. The Balaban J connectivity index is 2.64. The molecule has 22 heavy (non-hydrogen) atoms. The van der Waals surface area contributed by atoms with E-state index in [1.807, 2.05) is 6.26 Å². The third-order valence-corrected chi connectivity index (χ3v) is 4.60. The van der Waals surface area contributed by atoms with E-state index in [0.717, 1.165) is 5.75 Å². The topological polar surface area (TPSA) is 113 Å². The van der Waals surface area contributed by atoms with Gasteiger partial charge in [0.15, 0.2) is 0 Å². The van der Waals surface area contributed by atoms with Gasteiger partial charge in [-0.05, 0) is 31.3 Å². The third-order valence-electron chi connectivity index (χ3n) is 3.59. The number of carboxylic acid groups (broad SMARTS) is 1. The Morgan fingerprint density at radius 1 is 1.50 bits per heavy atom. The van der Waals surface area contributed by atoms with Gasteiger partial charge in [0.25, 0.3) is 0 Å². The Morgan fingerprint density at radius 3 is 2.73 bits per heavy atom. The Labute approximate surface area is 139 Å². The Kier molecular flexibility index (Phi) is 8.05. The average molecular weight is 349 g/mol. The molecule has 0 radical (unpaired) electrons. The molecular weight excluding hydrogens is 326 g/mol. The van der Waals surface area contributed by atoms with Crippen LogP contribution in [0, 0.1) is 0 Å². The van der Waals surface area contributed by atoms with E-state index in [-0.39, 0.29) is 5.75 Å². The predicted molar refractivity (Wildman–Crippen MR) is 89.1 cm³/mol.